The number of amides is 2. The fraction of sp³-hybridized carbons (Fsp3) is 0.167. The van der Waals surface area contributed by atoms with Crippen LogP contribution in [0.2, 0.25) is 10.0 Å². The second-order valence-electron chi connectivity index (χ2n) is 7.07. The van der Waals surface area contributed by atoms with Gasteiger partial charge in [0.15, 0.2) is 0 Å². The molecule has 1 aromatic carbocycles. The summed E-state index contributed by atoms with van der Waals surface area (Å²) < 4.78 is 15.0. The number of nitrogens with one attached hydrogen (secondary N) is 2. The highest BCUT2D eigenvalue weighted by Gasteiger charge is 2.20. The van der Waals surface area contributed by atoms with E-state index in [4.69, 9.17) is 35.4 Å². The number of anilines is 2. The molecule has 7 nitrogen and oxygen atoms in total. The Hall–Kier alpha value is -3.32. The fourth-order valence-electron chi connectivity index (χ4n) is 3.14. The smallest absolute Gasteiger partial charge is 0.271 e. The summed E-state index contributed by atoms with van der Waals surface area (Å²) in [5.41, 5.74) is 6.78. The molecule has 3 rings (SSSR count). The lowest BCUT2D eigenvalue weighted by atomic mass is 9.98. The third kappa shape index (κ3) is 6.22. The lowest BCUT2D eigenvalue weighted by Crippen LogP contribution is -2.27. The predicted molar refractivity (Wildman–Crippen MR) is 140 cm³/mol. The van der Waals surface area contributed by atoms with Crippen molar-refractivity contribution in [2.24, 2.45) is 0 Å². The summed E-state index contributed by atoms with van der Waals surface area (Å²) in [6, 6.07) is 3.63. The number of pyridine rings is 2. The maximum Gasteiger partial charge on any atom is 0.271 e. The van der Waals surface area contributed by atoms with Gasteiger partial charge in [-0.25, -0.2) is 9.37 Å². The van der Waals surface area contributed by atoms with Crippen molar-refractivity contribution >= 4 is 58.2 Å². The van der Waals surface area contributed by atoms with Crippen LogP contribution in [0.1, 0.15) is 33.3 Å². The van der Waals surface area contributed by atoms with E-state index < -0.39 is 17.6 Å². The van der Waals surface area contributed by atoms with Crippen molar-refractivity contribution in [1.82, 2.24) is 15.3 Å². The van der Waals surface area contributed by atoms with Crippen molar-refractivity contribution in [2.75, 3.05) is 29.1 Å². The minimum Gasteiger partial charge on any atom is -0.397 e. The number of hydrogen-bond acceptors (Lipinski definition) is 6. The molecule has 0 bridgehead atoms. The maximum atomic E-state index is 15.0. The largest absolute Gasteiger partial charge is 0.397 e. The van der Waals surface area contributed by atoms with Crippen LogP contribution in [-0.2, 0) is 0 Å². The summed E-state index contributed by atoms with van der Waals surface area (Å²) in [5.74, 6) is 2.24. The van der Waals surface area contributed by atoms with E-state index in [0.717, 1.165) is 17.6 Å². The molecule has 0 unspecified atom stereocenters. The molecule has 2 amide bonds. The second kappa shape index (κ2) is 11.9. The van der Waals surface area contributed by atoms with Gasteiger partial charge in [-0.15, -0.1) is 6.42 Å². The molecule has 0 aliphatic heterocycles. The molecule has 2 heterocycles. The zero-order valence-electron chi connectivity index (χ0n) is 18.5. The van der Waals surface area contributed by atoms with E-state index >= 15 is 4.39 Å². The lowest BCUT2D eigenvalue weighted by Gasteiger charge is -2.13. The quantitative estimate of drug-likeness (QED) is 0.282. The van der Waals surface area contributed by atoms with E-state index in [-0.39, 0.29) is 49.4 Å². The van der Waals surface area contributed by atoms with Gasteiger partial charge < -0.3 is 16.4 Å². The lowest BCUT2D eigenvalue weighted by molar-refractivity contribution is 0.0951. The third-order valence-electron chi connectivity index (χ3n) is 4.75. The summed E-state index contributed by atoms with van der Waals surface area (Å²) >= 11 is 14.2. The number of halogens is 3. The van der Waals surface area contributed by atoms with E-state index in [1.165, 1.54) is 30.7 Å². The van der Waals surface area contributed by atoms with E-state index in [2.05, 4.69) is 26.5 Å². The topological polar surface area (TPSA) is 110 Å². The maximum absolute atomic E-state index is 15.0. The first-order valence-corrected chi connectivity index (χ1v) is 12.2. The van der Waals surface area contributed by atoms with E-state index in [1.54, 1.807) is 11.8 Å². The summed E-state index contributed by atoms with van der Waals surface area (Å²) in [6.07, 6.45) is 9.47. The molecule has 180 valence electrons. The summed E-state index contributed by atoms with van der Waals surface area (Å²) in [7, 11) is 0. The summed E-state index contributed by atoms with van der Waals surface area (Å²) in [4.78, 5) is 33.0. The van der Waals surface area contributed by atoms with Gasteiger partial charge in [-0.3, -0.25) is 14.6 Å². The average Bonchev–Trinajstić information content (AvgIpc) is 2.83. The Morgan fingerprint density at radius 2 is 1.94 bits per heavy atom. The Morgan fingerprint density at radius 3 is 2.63 bits per heavy atom. The van der Waals surface area contributed by atoms with Crippen LogP contribution in [0.25, 0.3) is 11.1 Å². The number of nitrogens with zero attached hydrogens (tertiary/aromatic N) is 2. The summed E-state index contributed by atoms with van der Waals surface area (Å²) in [6.45, 7) is 2.50. The van der Waals surface area contributed by atoms with E-state index in [0.29, 0.717) is 6.54 Å². The number of aromatic nitrogens is 2. The fourth-order valence-corrected chi connectivity index (χ4v) is 4.17. The molecule has 3 aromatic rings. The van der Waals surface area contributed by atoms with Gasteiger partial charge in [0, 0.05) is 29.6 Å². The molecule has 0 radical (unpaired) electrons. The number of nitrogens with two attached hydrogens (primary N) is 1. The molecule has 35 heavy (non-hydrogen) atoms. The third-order valence-corrected chi connectivity index (χ3v) is 6.25. The van der Waals surface area contributed by atoms with Crippen LogP contribution in [0, 0.1) is 18.2 Å². The molecular weight excluding hydrogens is 512 g/mol. The Morgan fingerprint density at radius 1 is 1.17 bits per heavy atom. The van der Waals surface area contributed by atoms with Gasteiger partial charge in [-0.1, -0.05) is 36.0 Å². The van der Waals surface area contributed by atoms with Crippen molar-refractivity contribution in [3.05, 3.63) is 69.5 Å². The van der Waals surface area contributed by atoms with E-state index in [9.17, 15) is 9.59 Å². The highest BCUT2D eigenvalue weighted by Crippen LogP contribution is 2.34. The molecule has 0 fully saturated rings. The molecule has 0 aliphatic carbocycles. The number of terminal acetylenes is 1. The molecule has 4 N–H and O–H groups in total. The molecule has 0 aliphatic rings. The van der Waals surface area contributed by atoms with Gasteiger partial charge in [0.1, 0.15) is 11.5 Å². The van der Waals surface area contributed by atoms with Crippen LogP contribution in [0.15, 0.2) is 36.8 Å². The van der Waals surface area contributed by atoms with Gasteiger partial charge in [-0.05, 0) is 24.0 Å². The van der Waals surface area contributed by atoms with Crippen LogP contribution >= 0.6 is 35.0 Å². The van der Waals surface area contributed by atoms with E-state index in [1.807, 2.05) is 6.92 Å². The molecule has 2 aromatic heterocycles. The van der Waals surface area contributed by atoms with Crippen LogP contribution in [0.3, 0.4) is 0 Å². The average molecular weight is 532 g/mol. The number of thioether (sulfide) groups is 1. The van der Waals surface area contributed by atoms with Gasteiger partial charge in [-0.2, -0.15) is 11.8 Å². The number of carbonyl (C=O) groups is 2. The molecule has 11 heteroatoms. The normalized spacial score (nSPS) is 10.5. The Balaban J connectivity index is 1.80. The zero-order valence-corrected chi connectivity index (χ0v) is 20.8. The predicted octanol–water partition coefficient (Wildman–Crippen LogP) is 4.89. The zero-order chi connectivity index (χ0) is 25.5. The van der Waals surface area contributed by atoms with Crippen LogP contribution in [0.5, 0.6) is 0 Å². The second-order valence-corrected chi connectivity index (χ2v) is 9.28. The number of carbonyl (C=O) groups excluding carboxylic acids is 2. The first kappa shape index (κ1) is 26.3. The van der Waals surface area contributed by atoms with Gasteiger partial charge >= 0.3 is 0 Å². The van der Waals surface area contributed by atoms with Crippen LogP contribution < -0.4 is 16.4 Å². The minimum absolute atomic E-state index is 0.0267. The molecule has 0 saturated carbocycles. The van der Waals surface area contributed by atoms with Gasteiger partial charge in [0.25, 0.3) is 11.8 Å². The highest BCUT2D eigenvalue weighted by atomic mass is 35.5. The number of nitrogen functional groups attached to an aromatic ring is 1. The number of rotatable bonds is 8. The highest BCUT2D eigenvalue weighted by molar-refractivity contribution is 7.99. The molecule has 0 spiro atoms. The number of benzene rings is 1. The van der Waals surface area contributed by atoms with Crippen molar-refractivity contribution in [2.45, 2.75) is 6.92 Å². The Kier molecular flexibility index (Phi) is 8.93. The Labute approximate surface area is 216 Å². The first-order chi connectivity index (χ1) is 16.8. The first-order valence-electron chi connectivity index (χ1n) is 10.3. The molecule has 0 saturated heterocycles. The standard InChI is InChI=1S/C24H20Cl2FN5O2S/c1-3-13-10-29-12-20(28)21(13)16-8-17(25)15(9-19(16)27)23(33)32-14-7-18(26)22(31-11-14)24(34)30-5-6-35-4-2/h1,7-12H,4-6,28H2,2H3,(H,30,34)(H,32,33). The van der Waals surface area contributed by atoms with Crippen LogP contribution in [-0.4, -0.2) is 39.8 Å². The van der Waals surface area contributed by atoms with Crippen molar-refractivity contribution in [3.63, 3.8) is 0 Å². The monoisotopic (exact) mass is 531 g/mol. The van der Waals surface area contributed by atoms with Crippen LogP contribution in [0.4, 0.5) is 15.8 Å². The summed E-state index contributed by atoms with van der Waals surface area (Å²) in [5, 5.41) is 5.29. The van der Waals surface area contributed by atoms with Crippen molar-refractivity contribution in [1.29, 1.82) is 0 Å². The van der Waals surface area contributed by atoms with Gasteiger partial charge in [0.05, 0.1) is 44.9 Å². The minimum atomic E-state index is -0.752. The van der Waals surface area contributed by atoms with Crippen molar-refractivity contribution in [3.8, 4) is 23.5 Å². The molecule has 0 atom stereocenters. The van der Waals surface area contributed by atoms with Crippen molar-refractivity contribution < 1.29 is 14.0 Å². The van der Waals surface area contributed by atoms with Gasteiger partial charge in [0.2, 0.25) is 0 Å². The SMILES string of the molecule is C#Cc1cncc(N)c1-c1cc(Cl)c(C(=O)Nc2cnc(C(=O)NCCSCC)c(Cl)c2)cc1F. The number of hydrogen-bond donors (Lipinski definition) is 3. The molecular formula is C24H20Cl2FN5O2S. The Bertz CT molecular complexity index is 1330.